The molecule has 0 fully saturated rings. The lowest BCUT2D eigenvalue weighted by Crippen LogP contribution is -2.45. The van der Waals surface area contributed by atoms with Crippen LogP contribution in [-0.4, -0.2) is 55.6 Å². The summed E-state index contributed by atoms with van der Waals surface area (Å²) in [7, 11) is 3.22. The molecule has 0 atom stereocenters. The van der Waals surface area contributed by atoms with E-state index in [9.17, 15) is 9.59 Å². The predicted octanol–water partition coefficient (Wildman–Crippen LogP) is 6.21. The fraction of sp³-hybridized carbons (Fsp3) is 0.400. The van der Waals surface area contributed by atoms with Crippen LogP contribution in [0.3, 0.4) is 0 Å². The Hall–Kier alpha value is -3.52. The van der Waals surface area contributed by atoms with E-state index in [1.807, 2.05) is 67.4 Å². The van der Waals surface area contributed by atoms with Crippen molar-refractivity contribution in [3.05, 3.63) is 75.0 Å². The topological polar surface area (TPSA) is 71.1 Å². The fourth-order valence-corrected chi connectivity index (χ4v) is 5.12. The Morgan fingerprint density at radius 1 is 0.921 bits per heavy atom. The quantitative estimate of drug-likeness (QED) is 0.298. The summed E-state index contributed by atoms with van der Waals surface area (Å²) in [6, 6.07) is 13.4. The molecular formula is C30H39N3O4S. The summed E-state index contributed by atoms with van der Waals surface area (Å²) in [5.74, 6) is 1.25. The molecule has 0 saturated carbocycles. The van der Waals surface area contributed by atoms with Crippen molar-refractivity contribution in [3.63, 3.8) is 0 Å². The number of carbonyl (C=O) groups excluding carboxylic acids is 2. The van der Waals surface area contributed by atoms with Crippen molar-refractivity contribution in [2.24, 2.45) is 0 Å². The van der Waals surface area contributed by atoms with Gasteiger partial charge in [-0.05, 0) is 85.5 Å². The van der Waals surface area contributed by atoms with E-state index < -0.39 is 0 Å². The van der Waals surface area contributed by atoms with Gasteiger partial charge in [-0.1, -0.05) is 25.1 Å². The summed E-state index contributed by atoms with van der Waals surface area (Å²) in [4.78, 5) is 31.5. The molecule has 0 bridgehead atoms. The number of methoxy groups -OCH3 is 2. The fourth-order valence-electron chi connectivity index (χ4n) is 4.20. The van der Waals surface area contributed by atoms with Crippen LogP contribution in [0.1, 0.15) is 40.5 Å². The average molecular weight is 538 g/mol. The molecular weight excluding hydrogens is 498 g/mol. The number of ether oxygens (including phenoxy) is 2. The van der Waals surface area contributed by atoms with Gasteiger partial charge >= 0.3 is 6.03 Å². The first kappa shape index (κ1) is 29.0. The van der Waals surface area contributed by atoms with Crippen molar-refractivity contribution in [3.8, 4) is 11.5 Å². The summed E-state index contributed by atoms with van der Waals surface area (Å²) < 4.78 is 10.8. The van der Waals surface area contributed by atoms with Crippen molar-refractivity contribution in [2.45, 2.75) is 47.1 Å². The van der Waals surface area contributed by atoms with E-state index in [4.69, 9.17) is 9.47 Å². The number of carbonyl (C=O) groups is 2. The molecule has 1 N–H and O–H groups in total. The molecule has 3 rings (SSSR count). The molecule has 38 heavy (non-hydrogen) atoms. The minimum Gasteiger partial charge on any atom is -0.493 e. The van der Waals surface area contributed by atoms with E-state index in [1.54, 1.807) is 30.5 Å². The predicted molar refractivity (Wildman–Crippen MR) is 155 cm³/mol. The zero-order valence-electron chi connectivity index (χ0n) is 23.3. The van der Waals surface area contributed by atoms with Crippen molar-refractivity contribution in [1.82, 2.24) is 9.80 Å². The van der Waals surface area contributed by atoms with E-state index in [1.165, 1.54) is 0 Å². The number of thiophene rings is 1. The van der Waals surface area contributed by atoms with Crippen molar-refractivity contribution >= 4 is 29.0 Å². The van der Waals surface area contributed by atoms with Crippen LogP contribution in [0.5, 0.6) is 11.5 Å². The van der Waals surface area contributed by atoms with E-state index in [-0.39, 0.29) is 18.5 Å². The van der Waals surface area contributed by atoms with Crippen LogP contribution >= 0.6 is 11.3 Å². The molecule has 0 aliphatic rings. The maximum absolute atomic E-state index is 13.7. The molecule has 0 aliphatic heterocycles. The SMILES string of the molecule is CCCN(CC(=O)N(CCc1ccc(OC)c(OC)c1)Cc1sccc1C)C(=O)Nc1cccc(C)c1C. The smallest absolute Gasteiger partial charge is 0.322 e. The number of rotatable bonds is 12. The van der Waals surface area contributed by atoms with Crippen LogP contribution < -0.4 is 14.8 Å². The molecule has 204 valence electrons. The molecule has 0 spiro atoms. The van der Waals surface area contributed by atoms with E-state index in [0.717, 1.165) is 39.2 Å². The zero-order chi connectivity index (χ0) is 27.7. The molecule has 7 nitrogen and oxygen atoms in total. The highest BCUT2D eigenvalue weighted by Crippen LogP contribution is 2.28. The molecule has 1 aromatic heterocycles. The zero-order valence-corrected chi connectivity index (χ0v) is 24.1. The van der Waals surface area contributed by atoms with Gasteiger partial charge in [0.15, 0.2) is 11.5 Å². The third-order valence-electron chi connectivity index (χ3n) is 6.73. The molecule has 1 heterocycles. The van der Waals surface area contributed by atoms with Crippen LogP contribution in [0.4, 0.5) is 10.5 Å². The van der Waals surface area contributed by atoms with Crippen LogP contribution in [0.2, 0.25) is 0 Å². The van der Waals surface area contributed by atoms with Gasteiger partial charge in [0.25, 0.3) is 0 Å². The summed E-state index contributed by atoms with van der Waals surface area (Å²) in [6.45, 7) is 9.60. The molecule has 3 aromatic rings. The lowest BCUT2D eigenvalue weighted by Gasteiger charge is -2.28. The number of aryl methyl sites for hydroxylation is 2. The summed E-state index contributed by atoms with van der Waals surface area (Å²) in [5.41, 5.74) is 5.10. The number of hydrogen-bond donors (Lipinski definition) is 1. The Morgan fingerprint density at radius 3 is 2.34 bits per heavy atom. The molecule has 0 unspecified atom stereocenters. The Morgan fingerprint density at radius 2 is 1.68 bits per heavy atom. The van der Waals surface area contributed by atoms with Gasteiger partial charge in [0.2, 0.25) is 5.91 Å². The molecule has 8 heteroatoms. The molecule has 0 aliphatic carbocycles. The Balaban J connectivity index is 1.77. The van der Waals surface area contributed by atoms with Gasteiger partial charge in [0, 0.05) is 23.7 Å². The minimum absolute atomic E-state index is 0.0148. The first-order valence-electron chi connectivity index (χ1n) is 12.9. The molecule has 3 amide bonds. The number of benzene rings is 2. The van der Waals surface area contributed by atoms with E-state index in [0.29, 0.717) is 37.6 Å². The van der Waals surface area contributed by atoms with Gasteiger partial charge in [0.1, 0.15) is 6.54 Å². The van der Waals surface area contributed by atoms with Gasteiger partial charge in [-0.2, -0.15) is 0 Å². The summed E-state index contributed by atoms with van der Waals surface area (Å²) in [5, 5.41) is 5.05. The first-order valence-corrected chi connectivity index (χ1v) is 13.8. The number of anilines is 1. The second-order valence-corrected chi connectivity index (χ2v) is 10.4. The number of nitrogens with one attached hydrogen (secondary N) is 1. The summed E-state index contributed by atoms with van der Waals surface area (Å²) in [6.07, 6.45) is 1.40. The van der Waals surface area contributed by atoms with Crippen molar-refractivity contribution < 1.29 is 19.1 Å². The maximum Gasteiger partial charge on any atom is 0.322 e. The van der Waals surface area contributed by atoms with Gasteiger partial charge in [-0.15, -0.1) is 11.3 Å². The van der Waals surface area contributed by atoms with Gasteiger partial charge in [0.05, 0.1) is 20.8 Å². The number of nitrogens with zero attached hydrogens (tertiary/aromatic N) is 2. The standard InChI is InChI=1S/C30H39N3O4S/c1-7-15-33(30(35)31-25-10-8-9-21(2)23(25)4)20-29(34)32(19-28-22(3)14-17-38-28)16-13-24-11-12-26(36-5)27(18-24)37-6/h8-12,14,17-18H,7,13,15-16,19-20H2,1-6H3,(H,31,35). The van der Waals surface area contributed by atoms with Gasteiger partial charge in [-0.25, -0.2) is 4.79 Å². The monoisotopic (exact) mass is 537 g/mol. The van der Waals surface area contributed by atoms with Crippen LogP contribution in [0.15, 0.2) is 47.8 Å². The highest BCUT2D eigenvalue weighted by molar-refractivity contribution is 7.10. The van der Waals surface area contributed by atoms with Gasteiger partial charge < -0.3 is 24.6 Å². The van der Waals surface area contributed by atoms with Crippen molar-refractivity contribution in [1.29, 1.82) is 0 Å². The summed E-state index contributed by atoms with van der Waals surface area (Å²) >= 11 is 1.64. The largest absolute Gasteiger partial charge is 0.493 e. The Kier molecular flexibility index (Phi) is 10.6. The first-order chi connectivity index (χ1) is 18.3. The lowest BCUT2D eigenvalue weighted by molar-refractivity contribution is -0.132. The molecule has 0 saturated heterocycles. The third kappa shape index (κ3) is 7.51. The lowest BCUT2D eigenvalue weighted by atomic mass is 10.1. The highest BCUT2D eigenvalue weighted by Gasteiger charge is 2.23. The number of hydrogen-bond acceptors (Lipinski definition) is 5. The van der Waals surface area contributed by atoms with Crippen molar-refractivity contribution in [2.75, 3.05) is 39.2 Å². The highest BCUT2D eigenvalue weighted by atomic mass is 32.1. The van der Waals surface area contributed by atoms with E-state index >= 15 is 0 Å². The number of amides is 3. The van der Waals surface area contributed by atoms with Gasteiger partial charge in [-0.3, -0.25) is 4.79 Å². The third-order valence-corrected chi connectivity index (χ3v) is 7.73. The number of urea groups is 1. The van der Waals surface area contributed by atoms with Crippen LogP contribution in [0, 0.1) is 20.8 Å². The Bertz CT molecular complexity index is 1240. The van der Waals surface area contributed by atoms with Crippen LogP contribution in [-0.2, 0) is 17.8 Å². The average Bonchev–Trinajstić information content (AvgIpc) is 3.32. The minimum atomic E-state index is -0.263. The normalized spacial score (nSPS) is 10.7. The Labute approximate surface area is 230 Å². The second kappa shape index (κ2) is 13.9. The van der Waals surface area contributed by atoms with E-state index in [2.05, 4.69) is 18.3 Å². The maximum atomic E-state index is 13.7. The second-order valence-electron chi connectivity index (χ2n) is 9.38. The molecule has 0 radical (unpaired) electrons. The van der Waals surface area contributed by atoms with Crippen LogP contribution in [0.25, 0.3) is 0 Å². The molecule has 2 aromatic carbocycles.